The van der Waals surface area contributed by atoms with Crippen LogP contribution in [0.3, 0.4) is 0 Å². The lowest BCUT2D eigenvalue weighted by atomic mass is 10.3. The maximum absolute atomic E-state index is 4.68. The van der Waals surface area contributed by atoms with E-state index in [1.54, 1.807) is 17.5 Å². The summed E-state index contributed by atoms with van der Waals surface area (Å²) in [6.07, 6.45) is 4.60. The highest BCUT2D eigenvalue weighted by atomic mass is 79.9. The number of hydrogen-bond acceptors (Lipinski definition) is 4. The fourth-order valence-corrected chi connectivity index (χ4v) is 3.12. The van der Waals surface area contributed by atoms with Crippen molar-refractivity contribution in [3.63, 3.8) is 0 Å². The van der Waals surface area contributed by atoms with Crippen molar-refractivity contribution in [3.05, 3.63) is 33.5 Å². The van der Waals surface area contributed by atoms with E-state index >= 15 is 0 Å². The molecular weight excluding hydrogens is 298 g/mol. The topological polar surface area (TPSA) is 37.8 Å². The molecule has 0 aliphatic rings. The Balaban J connectivity index is 2.39. The Bertz CT molecular complexity index is 510. The van der Waals surface area contributed by atoms with E-state index in [0.717, 1.165) is 28.0 Å². The second-order valence-electron chi connectivity index (χ2n) is 3.66. The number of pyridine rings is 1. The van der Waals surface area contributed by atoms with Crippen LogP contribution in [0.1, 0.15) is 17.5 Å². The predicted molar refractivity (Wildman–Crippen MR) is 75.2 cm³/mol. The lowest BCUT2D eigenvalue weighted by Gasteiger charge is -1.96. The molecule has 0 unspecified atom stereocenters. The number of rotatable bonds is 4. The Labute approximate surface area is 113 Å². The van der Waals surface area contributed by atoms with E-state index in [1.807, 2.05) is 13.2 Å². The third-order valence-corrected chi connectivity index (χ3v) is 3.98. The first-order valence-electron chi connectivity index (χ1n) is 5.48. The Morgan fingerprint density at radius 3 is 2.88 bits per heavy atom. The van der Waals surface area contributed by atoms with Crippen molar-refractivity contribution in [3.8, 4) is 10.6 Å². The Morgan fingerprint density at radius 2 is 2.24 bits per heavy atom. The summed E-state index contributed by atoms with van der Waals surface area (Å²) in [4.78, 5) is 10.2. The molecule has 17 heavy (non-hydrogen) atoms. The maximum Gasteiger partial charge on any atom is 0.125 e. The summed E-state index contributed by atoms with van der Waals surface area (Å²) >= 11 is 5.17. The van der Waals surface area contributed by atoms with Gasteiger partial charge >= 0.3 is 0 Å². The number of hydrogen-bond donors (Lipinski definition) is 1. The van der Waals surface area contributed by atoms with Gasteiger partial charge in [-0.2, -0.15) is 0 Å². The lowest BCUT2D eigenvalue weighted by Crippen LogP contribution is -2.05. The Morgan fingerprint density at radius 1 is 1.41 bits per heavy atom. The molecule has 2 rings (SSSR count). The van der Waals surface area contributed by atoms with Gasteiger partial charge in [-0.15, -0.1) is 11.3 Å². The quantitative estimate of drug-likeness (QED) is 0.942. The van der Waals surface area contributed by atoms with Gasteiger partial charge in [0.1, 0.15) is 5.01 Å². The fraction of sp³-hybridized carbons (Fsp3) is 0.333. The highest BCUT2D eigenvalue weighted by molar-refractivity contribution is 9.10. The minimum Gasteiger partial charge on any atom is -0.315 e. The highest BCUT2D eigenvalue weighted by Crippen LogP contribution is 2.29. The summed E-state index contributed by atoms with van der Waals surface area (Å²) in [5, 5.41) is 4.22. The summed E-state index contributed by atoms with van der Waals surface area (Å²) < 4.78 is 0.985. The Hall–Kier alpha value is -0.780. The number of nitrogens with one attached hydrogen (secondary N) is 1. The molecule has 0 saturated carbocycles. The van der Waals surface area contributed by atoms with Gasteiger partial charge in [0, 0.05) is 33.9 Å². The van der Waals surface area contributed by atoms with Crippen molar-refractivity contribution in [1.82, 2.24) is 15.3 Å². The second kappa shape index (κ2) is 5.71. The second-order valence-corrected chi connectivity index (χ2v) is 5.66. The van der Waals surface area contributed by atoms with Crippen LogP contribution in [0.4, 0.5) is 0 Å². The lowest BCUT2D eigenvalue weighted by molar-refractivity contribution is 0.815. The van der Waals surface area contributed by atoms with Crippen LogP contribution in [-0.4, -0.2) is 17.0 Å². The highest BCUT2D eigenvalue weighted by Gasteiger charge is 2.11. The van der Waals surface area contributed by atoms with Crippen molar-refractivity contribution in [1.29, 1.82) is 0 Å². The third kappa shape index (κ3) is 2.91. The van der Waals surface area contributed by atoms with Gasteiger partial charge in [-0.05, 0) is 35.5 Å². The molecule has 90 valence electrons. The first-order valence-corrected chi connectivity index (χ1v) is 7.09. The van der Waals surface area contributed by atoms with E-state index in [2.05, 4.69) is 44.2 Å². The summed E-state index contributed by atoms with van der Waals surface area (Å²) in [7, 11) is 1.96. The normalized spacial score (nSPS) is 10.8. The third-order valence-electron chi connectivity index (χ3n) is 2.40. The molecule has 2 aromatic heterocycles. The van der Waals surface area contributed by atoms with E-state index < -0.39 is 0 Å². The molecule has 0 atom stereocenters. The SMILES string of the molecule is CCc1nc(-c2cncc(Br)c2)sc1CNC. The predicted octanol–water partition coefficient (Wildman–Crippen LogP) is 3.25. The Kier molecular flexibility index (Phi) is 4.25. The zero-order valence-electron chi connectivity index (χ0n) is 9.83. The number of aryl methyl sites for hydroxylation is 1. The number of thiazole rings is 1. The monoisotopic (exact) mass is 311 g/mol. The molecule has 2 aromatic rings. The van der Waals surface area contributed by atoms with E-state index in [0.29, 0.717) is 0 Å². The number of nitrogens with zero attached hydrogens (tertiary/aromatic N) is 2. The summed E-state index contributed by atoms with van der Waals surface area (Å²) in [6, 6.07) is 2.05. The van der Waals surface area contributed by atoms with Gasteiger partial charge in [-0.1, -0.05) is 6.92 Å². The van der Waals surface area contributed by atoms with Crippen molar-refractivity contribution in [2.75, 3.05) is 7.05 Å². The molecule has 0 saturated heterocycles. The molecule has 0 aliphatic carbocycles. The van der Waals surface area contributed by atoms with E-state index in [4.69, 9.17) is 0 Å². The minimum absolute atomic E-state index is 0.877. The van der Waals surface area contributed by atoms with Crippen LogP contribution in [0, 0.1) is 0 Å². The van der Waals surface area contributed by atoms with Gasteiger partial charge in [0.05, 0.1) is 5.69 Å². The van der Waals surface area contributed by atoms with Crippen LogP contribution in [0.2, 0.25) is 0 Å². The molecule has 3 nitrogen and oxygen atoms in total. The van der Waals surface area contributed by atoms with Crippen molar-refractivity contribution < 1.29 is 0 Å². The molecular formula is C12H14BrN3S. The first-order chi connectivity index (χ1) is 8.24. The molecule has 0 amide bonds. The van der Waals surface area contributed by atoms with Crippen molar-refractivity contribution >= 4 is 27.3 Å². The van der Waals surface area contributed by atoms with Gasteiger partial charge in [-0.3, -0.25) is 4.98 Å². The summed E-state index contributed by atoms with van der Waals surface area (Å²) in [5.74, 6) is 0. The molecule has 1 N–H and O–H groups in total. The van der Waals surface area contributed by atoms with Crippen LogP contribution in [0.25, 0.3) is 10.6 Å². The van der Waals surface area contributed by atoms with E-state index in [9.17, 15) is 0 Å². The van der Waals surface area contributed by atoms with Gasteiger partial charge in [0.2, 0.25) is 0 Å². The van der Waals surface area contributed by atoms with Gasteiger partial charge in [0.25, 0.3) is 0 Å². The largest absolute Gasteiger partial charge is 0.315 e. The summed E-state index contributed by atoms with van der Waals surface area (Å²) in [5.41, 5.74) is 2.25. The van der Waals surface area contributed by atoms with Crippen molar-refractivity contribution in [2.24, 2.45) is 0 Å². The van der Waals surface area contributed by atoms with Crippen LogP contribution in [-0.2, 0) is 13.0 Å². The fourth-order valence-electron chi connectivity index (χ4n) is 1.61. The van der Waals surface area contributed by atoms with Crippen LogP contribution in [0.15, 0.2) is 22.9 Å². The number of halogens is 1. The van der Waals surface area contributed by atoms with Gasteiger partial charge < -0.3 is 5.32 Å². The molecule has 5 heteroatoms. The molecule has 0 aromatic carbocycles. The minimum atomic E-state index is 0.877. The maximum atomic E-state index is 4.68. The van der Waals surface area contributed by atoms with Crippen LogP contribution in [0.5, 0.6) is 0 Å². The molecule has 0 radical (unpaired) electrons. The summed E-state index contributed by atoms with van der Waals surface area (Å²) in [6.45, 7) is 3.01. The van der Waals surface area contributed by atoms with Gasteiger partial charge in [0.15, 0.2) is 0 Å². The van der Waals surface area contributed by atoms with Gasteiger partial charge in [-0.25, -0.2) is 4.98 Å². The molecule has 2 heterocycles. The van der Waals surface area contributed by atoms with E-state index in [1.165, 1.54) is 10.6 Å². The van der Waals surface area contributed by atoms with Crippen LogP contribution < -0.4 is 5.32 Å². The smallest absolute Gasteiger partial charge is 0.125 e. The standard InChI is InChI=1S/C12H14BrN3S/c1-3-10-11(7-14-2)17-12(16-10)8-4-9(13)6-15-5-8/h4-6,14H,3,7H2,1-2H3. The van der Waals surface area contributed by atoms with Crippen molar-refractivity contribution in [2.45, 2.75) is 19.9 Å². The molecule has 0 spiro atoms. The zero-order valence-corrected chi connectivity index (χ0v) is 12.2. The zero-order chi connectivity index (χ0) is 12.3. The average Bonchev–Trinajstić information content (AvgIpc) is 2.73. The molecule has 0 fully saturated rings. The molecule has 0 aliphatic heterocycles. The number of aromatic nitrogens is 2. The molecule has 0 bridgehead atoms. The van der Waals surface area contributed by atoms with Crippen LogP contribution >= 0.6 is 27.3 Å². The van der Waals surface area contributed by atoms with E-state index in [-0.39, 0.29) is 0 Å². The first kappa shape index (κ1) is 12.7. The average molecular weight is 312 g/mol.